The molecule has 2 heteroatoms. The summed E-state index contributed by atoms with van der Waals surface area (Å²) < 4.78 is 0. The summed E-state index contributed by atoms with van der Waals surface area (Å²) in [6.45, 7) is 8.36. The molecule has 1 rings (SSSR count). The molecule has 0 saturated heterocycles. The van der Waals surface area contributed by atoms with Crippen LogP contribution in [0.2, 0.25) is 0 Å². The highest BCUT2D eigenvalue weighted by Crippen LogP contribution is 2.33. The van der Waals surface area contributed by atoms with Gasteiger partial charge in [-0.05, 0) is 65.1 Å². The normalized spacial score (nSPS) is 26.8. The van der Waals surface area contributed by atoms with Gasteiger partial charge >= 0.3 is 0 Å². The highest BCUT2D eigenvalue weighted by Gasteiger charge is 2.24. The fourth-order valence-corrected chi connectivity index (χ4v) is 2.77. The van der Waals surface area contributed by atoms with Crippen LogP contribution in [-0.4, -0.2) is 37.6 Å². The first kappa shape index (κ1) is 15.0. The number of rotatable bonds is 5. The largest absolute Gasteiger partial charge is 0.311 e. The van der Waals surface area contributed by atoms with Crippen LogP contribution in [0, 0.1) is 5.41 Å². The fraction of sp³-hybridized carbons (Fsp3) is 1.00. The molecule has 2 nitrogen and oxygen atoms in total. The van der Waals surface area contributed by atoms with Gasteiger partial charge in [0.1, 0.15) is 0 Å². The van der Waals surface area contributed by atoms with E-state index in [4.69, 9.17) is 0 Å². The van der Waals surface area contributed by atoms with E-state index < -0.39 is 0 Å². The van der Waals surface area contributed by atoms with Crippen LogP contribution in [0.1, 0.15) is 59.3 Å². The molecule has 1 aliphatic carbocycles. The smallest absolute Gasteiger partial charge is 0.00697 e. The van der Waals surface area contributed by atoms with Crippen molar-refractivity contribution in [1.29, 1.82) is 0 Å². The van der Waals surface area contributed by atoms with E-state index in [9.17, 15) is 0 Å². The predicted molar refractivity (Wildman–Crippen MR) is 76.4 cm³/mol. The van der Waals surface area contributed by atoms with Crippen molar-refractivity contribution in [1.82, 2.24) is 10.2 Å². The van der Waals surface area contributed by atoms with Gasteiger partial charge in [0.15, 0.2) is 0 Å². The third-order valence-electron chi connectivity index (χ3n) is 4.11. The number of nitrogens with zero attached hydrogens (tertiary/aromatic N) is 1. The van der Waals surface area contributed by atoms with E-state index in [0.717, 1.165) is 6.04 Å². The molecule has 0 aromatic rings. The van der Waals surface area contributed by atoms with E-state index in [1.165, 1.54) is 45.1 Å². The van der Waals surface area contributed by atoms with Gasteiger partial charge < -0.3 is 10.2 Å². The number of hydrogen-bond donors (Lipinski definition) is 1. The minimum absolute atomic E-state index is 0.573. The maximum absolute atomic E-state index is 3.83. The molecule has 1 N–H and O–H groups in total. The number of hydrogen-bond acceptors (Lipinski definition) is 2. The van der Waals surface area contributed by atoms with Crippen molar-refractivity contribution in [2.75, 3.05) is 20.6 Å². The van der Waals surface area contributed by atoms with Crippen molar-refractivity contribution in [2.24, 2.45) is 5.41 Å². The zero-order valence-electron chi connectivity index (χ0n) is 12.6. The lowest BCUT2D eigenvalue weighted by Crippen LogP contribution is -2.38. The Hall–Kier alpha value is -0.0800. The van der Waals surface area contributed by atoms with Gasteiger partial charge in [-0.15, -0.1) is 0 Å². The van der Waals surface area contributed by atoms with Crippen LogP contribution in [0.3, 0.4) is 0 Å². The summed E-state index contributed by atoms with van der Waals surface area (Å²) in [5.74, 6) is 0. The van der Waals surface area contributed by atoms with Crippen molar-refractivity contribution >= 4 is 0 Å². The van der Waals surface area contributed by atoms with E-state index in [-0.39, 0.29) is 0 Å². The Kier molecular flexibility index (Phi) is 5.94. The van der Waals surface area contributed by atoms with Crippen molar-refractivity contribution in [3.63, 3.8) is 0 Å². The SMILES string of the molecule is CC(CCN(C)C)NC1CCCC(C)(C)CC1. The van der Waals surface area contributed by atoms with Crippen LogP contribution in [0.15, 0.2) is 0 Å². The molecule has 0 aromatic carbocycles. The average Bonchev–Trinajstić information content (AvgIpc) is 2.37. The minimum atomic E-state index is 0.573. The average molecular weight is 240 g/mol. The molecule has 2 unspecified atom stereocenters. The maximum atomic E-state index is 3.83. The third-order valence-corrected chi connectivity index (χ3v) is 4.11. The molecule has 1 aliphatic rings. The lowest BCUT2D eigenvalue weighted by molar-refractivity contribution is 0.303. The van der Waals surface area contributed by atoms with Crippen molar-refractivity contribution in [3.8, 4) is 0 Å². The molecule has 0 amide bonds. The Morgan fingerprint density at radius 3 is 2.59 bits per heavy atom. The van der Waals surface area contributed by atoms with E-state index in [0.29, 0.717) is 11.5 Å². The van der Waals surface area contributed by atoms with Crippen molar-refractivity contribution < 1.29 is 0 Å². The van der Waals surface area contributed by atoms with Crippen LogP contribution in [0.25, 0.3) is 0 Å². The topological polar surface area (TPSA) is 15.3 Å². The molecule has 2 atom stereocenters. The standard InChI is InChI=1S/C15H32N2/c1-13(9-12-17(4)5)16-14-7-6-10-15(2,3)11-8-14/h13-14,16H,6-12H2,1-5H3. The molecule has 0 aliphatic heterocycles. The van der Waals surface area contributed by atoms with E-state index in [2.05, 4.69) is 45.1 Å². The van der Waals surface area contributed by atoms with E-state index >= 15 is 0 Å². The molecule has 0 radical (unpaired) electrons. The summed E-state index contributed by atoms with van der Waals surface area (Å²) in [4.78, 5) is 2.27. The maximum Gasteiger partial charge on any atom is 0.00697 e. The highest BCUT2D eigenvalue weighted by atomic mass is 15.1. The molecule has 1 fully saturated rings. The van der Waals surface area contributed by atoms with Crippen LogP contribution in [0.5, 0.6) is 0 Å². The molecule has 0 spiro atoms. The molecular formula is C15H32N2. The lowest BCUT2D eigenvalue weighted by atomic mass is 9.85. The highest BCUT2D eigenvalue weighted by molar-refractivity contribution is 4.81. The van der Waals surface area contributed by atoms with Gasteiger partial charge in [0, 0.05) is 12.1 Å². The zero-order chi connectivity index (χ0) is 12.9. The first-order chi connectivity index (χ1) is 7.89. The molecule has 1 saturated carbocycles. The van der Waals surface area contributed by atoms with E-state index in [1.54, 1.807) is 0 Å². The molecule has 0 heterocycles. The summed E-state index contributed by atoms with van der Waals surface area (Å²) in [5.41, 5.74) is 0.573. The summed E-state index contributed by atoms with van der Waals surface area (Å²) in [6.07, 6.45) is 8.16. The van der Waals surface area contributed by atoms with Gasteiger partial charge in [-0.25, -0.2) is 0 Å². The fourth-order valence-electron chi connectivity index (χ4n) is 2.77. The second-order valence-electron chi connectivity index (χ2n) is 6.95. The van der Waals surface area contributed by atoms with Crippen LogP contribution < -0.4 is 5.32 Å². The Bertz CT molecular complexity index is 211. The van der Waals surface area contributed by atoms with Crippen LogP contribution in [0.4, 0.5) is 0 Å². The lowest BCUT2D eigenvalue weighted by Gasteiger charge is -2.24. The summed E-state index contributed by atoms with van der Waals surface area (Å²) in [6, 6.07) is 1.41. The second-order valence-corrected chi connectivity index (χ2v) is 6.95. The second kappa shape index (κ2) is 6.75. The van der Waals surface area contributed by atoms with Gasteiger partial charge in [0.05, 0.1) is 0 Å². The minimum Gasteiger partial charge on any atom is -0.311 e. The summed E-state index contributed by atoms with van der Waals surface area (Å²) >= 11 is 0. The first-order valence-electron chi connectivity index (χ1n) is 7.30. The summed E-state index contributed by atoms with van der Waals surface area (Å²) in [5, 5.41) is 3.83. The Morgan fingerprint density at radius 1 is 1.24 bits per heavy atom. The third kappa shape index (κ3) is 6.42. The van der Waals surface area contributed by atoms with E-state index in [1.807, 2.05) is 0 Å². The number of nitrogens with one attached hydrogen (secondary N) is 1. The van der Waals surface area contributed by atoms with Gasteiger partial charge in [0.2, 0.25) is 0 Å². The quantitative estimate of drug-likeness (QED) is 0.742. The Balaban J connectivity index is 2.26. The molecule has 102 valence electrons. The zero-order valence-corrected chi connectivity index (χ0v) is 12.6. The predicted octanol–water partition coefficient (Wildman–Crippen LogP) is 3.28. The Labute approximate surface area is 108 Å². The van der Waals surface area contributed by atoms with Gasteiger partial charge in [-0.3, -0.25) is 0 Å². The van der Waals surface area contributed by atoms with Gasteiger partial charge in [0.25, 0.3) is 0 Å². The van der Waals surface area contributed by atoms with Crippen molar-refractivity contribution in [3.05, 3.63) is 0 Å². The Morgan fingerprint density at radius 2 is 1.94 bits per heavy atom. The van der Waals surface area contributed by atoms with Crippen molar-refractivity contribution in [2.45, 2.75) is 71.4 Å². The molecular weight excluding hydrogens is 208 g/mol. The molecule has 0 aromatic heterocycles. The first-order valence-corrected chi connectivity index (χ1v) is 7.30. The van der Waals surface area contributed by atoms with Crippen LogP contribution in [-0.2, 0) is 0 Å². The van der Waals surface area contributed by atoms with Crippen LogP contribution >= 0.6 is 0 Å². The summed E-state index contributed by atoms with van der Waals surface area (Å²) in [7, 11) is 4.31. The molecule has 0 bridgehead atoms. The monoisotopic (exact) mass is 240 g/mol. The molecule has 17 heavy (non-hydrogen) atoms. The van der Waals surface area contributed by atoms with Gasteiger partial charge in [-0.1, -0.05) is 20.3 Å². The van der Waals surface area contributed by atoms with Gasteiger partial charge in [-0.2, -0.15) is 0 Å².